The van der Waals surface area contributed by atoms with E-state index in [2.05, 4.69) is 37.1 Å². The topological polar surface area (TPSA) is 24.9 Å². The van der Waals surface area contributed by atoms with Gasteiger partial charge < -0.3 is 5.32 Å². The van der Waals surface area contributed by atoms with E-state index in [0.717, 1.165) is 17.4 Å². The molecule has 2 rings (SSSR count). The molecule has 0 fully saturated rings. The molecule has 2 nitrogen and oxygen atoms in total. The summed E-state index contributed by atoms with van der Waals surface area (Å²) in [6, 6.07) is 4.00. The van der Waals surface area contributed by atoms with Crippen LogP contribution in [0.3, 0.4) is 0 Å². The van der Waals surface area contributed by atoms with Crippen LogP contribution in [-0.2, 0) is 18.5 Å². The van der Waals surface area contributed by atoms with Crippen LogP contribution in [0.25, 0.3) is 0 Å². The molecule has 2 aromatic rings. The molecule has 0 radical (unpaired) electrons. The third kappa shape index (κ3) is 3.79. The van der Waals surface area contributed by atoms with Crippen molar-refractivity contribution in [2.24, 2.45) is 0 Å². The quantitative estimate of drug-likeness (QED) is 0.902. The van der Waals surface area contributed by atoms with Crippen molar-refractivity contribution in [2.45, 2.75) is 39.3 Å². The predicted octanol–water partition coefficient (Wildman–Crippen LogP) is 4.45. The summed E-state index contributed by atoms with van der Waals surface area (Å²) in [6.07, 6.45) is 1.97. The van der Waals surface area contributed by atoms with Crippen molar-refractivity contribution in [3.63, 3.8) is 0 Å². The Morgan fingerprint density at radius 3 is 2.44 bits per heavy atom. The van der Waals surface area contributed by atoms with Gasteiger partial charge in [-0.2, -0.15) is 0 Å². The lowest BCUT2D eigenvalue weighted by molar-refractivity contribution is 0.585. The molecule has 0 spiro atoms. The Bertz CT molecular complexity index is 511. The average molecular weight is 301 g/mol. The molecule has 5 heteroatoms. The van der Waals surface area contributed by atoms with E-state index in [1.54, 1.807) is 22.7 Å². The van der Waals surface area contributed by atoms with Gasteiger partial charge in [0.25, 0.3) is 0 Å². The molecular formula is C13H17ClN2S2. The Hall–Kier alpha value is -0.420. The van der Waals surface area contributed by atoms with Crippen molar-refractivity contribution in [3.8, 4) is 0 Å². The molecule has 1 N–H and O–H groups in total. The summed E-state index contributed by atoms with van der Waals surface area (Å²) in [6.45, 7) is 8.30. The number of thiophene rings is 1. The second-order valence-electron chi connectivity index (χ2n) is 5.19. The summed E-state index contributed by atoms with van der Waals surface area (Å²) in [5, 5.41) is 4.61. The first kappa shape index (κ1) is 14.0. The molecule has 2 aromatic heterocycles. The van der Waals surface area contributed by atoms with Crippen LogP contribution in [-0.4, -0.2) is 4.98 Å². The third-order valence-corrected chi connectivity index (χ3v) is 5.08. The van der Waals surface area contributed by atoms with E-state index in [4.69, 9.17) is 11.6 Å². The summed E-state index contributed by atoms with van der Waals surface area (Å²) in [5.74, 6) is 0. The predicted molar refractivity (Wildman–Crippen MR) is 80.7 cm³/mol. The van der Waals surface area contributed by atoms with Crippen LogP contribution in [0.1, 0.15) is 35.5 Å². The number of halogens is 1. The SMILES string of the molecule is CC(C)(C)c1ncc(CNCc2ccc(Cl)s2)s1. The number of nitrogens with zero attached hydrogens (tertiary/aromatic N) is 1. The summed E-state index contributed by atoms with van der Waals surface area (Å²) in [4.78, 5) is 7.02. The maximum atomic E-state index is 5.89. The van der Waals surface area contributed by atoms with Gasteiger partial charge in [-0.3, -0.25) is 0 Å². The molecule has 18 heavy (non-hydrogen) atoms. The summed E-state index contributed by atoms with van der Waals surface area (Å²) < 4.78 is 0.847. The summed E-state index contributed by atoms with van der Waals surface area (Å²) >= 11 is 9.30. The van der Waals surface area contributed by atoms with Gasteiger partial charge >= 0.3 is 0 Å². The minimum absolute atomic E-state index is 0.143. The van der Waals surface area contributed by atoms with E-state index in [1.165, 1.54) is 14.8 Å². The molecule has 0 unspecified atom stereocenters. The first-order valence-electron chi connectivity index (χ1n) is 5.85. The fourth-order valence-electron chi connectivity index (χ4n) is 1.49. The lowest BCUT2D eigenvalue weighted by Crippen LogP contribution is -2.11. The fourth-order valence-corrected chi connectivity index (χ4v) is 3.49. The van der Waals surface area contributed by atoms with Gasteiger partial charge in [0.05, 0.1) is 9.34 Å². The monoisotopic (exact) mass is 300 g/mol. The molecule has 2 heterocycles. The summed E-state index contributed by atoms with van der Waals surface area (Å²) in [5.41, 5.74) is 0.143. The Morgan fingerprint density at radius 1 is 1.17 bits per heavy atom. The first-order valence-corrected chi connectivity index (χ1v) is 7.86. The zero-order chi connectivity index (χ0) is 13.2. The lowest BCUT2D eigenvalue weighted by Gasteiger charge is -2.13. The van der Waals surface area contributed by atoms with Crippen molar-refractivity contribution in [1.29, 1.82) is 0 Å². The van der Waals surface area contributed by atoms with Gasteiger partial charge in [-0.05, 0) is 12.1 Å². The summed E-state index contributed by atoms with van der Waals surface area (Å²) in [7, 11) is 0. The van der Waals surface area contributed by atoms with Crippen LogP contribution >= 0.6 is 34.3 Å². The number of thiazole rings is 1. The zero-order valence-electron chi connectivity index (χ0n) is 10.8. The smallest absolute Gasteiger partial charge is 0.0981 e. The van der Waals surface area contributed by atoms with Crippen molar-refractivity contribution in [2.75, 3.05) is 0 Å². The molecule has 0 saturated carbocycles. The van der Waals surface area contributed by atoms with E-state index >= 15 is 0 Å². The van der Waals surface area contributed by atoms with Gasteiger partial charge in [0.1, 0.15) is 0 Å². The molecule has 0 saturated heterocycles. The Labute approximate surface area is 121 Å². The number of hydrogen-bond acceptors (Lipinski definition) is 4. The van der Waals surface area contributed by atoms with Gasteiger partial charge in [-0.15, -0.1) is 22.7 Å². The van der Waals surface area contributed by atoms with Crippen LogP contribution in [0.4, 0.5) is 0 Å². The first-order chi connectivity index (χ1) is 8.45. The van der Waals surface area contributed by atoms with Crippen LogP contribution in [0.15, 0.2) is 18.3 Å². The normalized spacial score (nSPS) is 12.0. The second kappa shape index (κ2) is 5.70. The highest BCUT2D eigenvalue weighted by molar-refractivity contribution is 7.16. The van der Waals surface area contributed by atoms with Crippen molar-refractivity contribution in [3.05, 3.63) is 37.4 Å². The molecule has 0 aliphatic rings. The molecule has 0 aliphatic carbocycles. The van der Waals surface area contributed by atoms with E-state index in [-0.39, 0.29) is 5.41 Å². The van der Waals surface area contributed by atoms with Crippen molar-refractivity contribution < 1.29 is 0 Å². The van der Waals surface area contributed by atoms with Gasteiger partial charge in [0.15, 0.2) is 0 Å². The lowest BCUT2D eigenvalue weighted by atomic mass is 9.98. The molecule has 0 aromatic carbocycles. The minimum Gasteiger partial charge on any atom is -0.307 e. The third-order valence-electron chi connectivity index (χ3n) is 2.42. The van der Waals surface area contributed by atoms with E-state index in [9.17, 15) is 0 Å². The van der Waals surface area contributed by atoms with Crippen LogP contribution < -0.4 is 5.32 Å². The Balaban J connectivity index is 1.85. The van der Waals surface area contributed by atoms with Crippen LogP contribution in [0.5, 0.6) is 0 Å². The largest absolute Gasteiger partial charge is 0.307 e. The molecule has 98 valence electrons. The molecule has 0 atom stereocenters. The molecule has 0 bridgehead atoms. The molecular weight excluding hydrogens is 284 g/mol. The number of nitrogens with one attached hydrogen (secondary N) is 1. The van der Waals surface area contributed by atoms with Gasteiger partial charge in [0, 0.05) is 34.5 Å². The highest BCUT2D eigenvalue weighted by atomic mass is 35.5. The number of rotatable bonds is 4. The highest BCUT2D eigenvalue weighted by Crippen LogP contribution is 2.27. The molecule has 0 aliphatic heterocycles. The maximum Gasteiger partial charge on any atom is 0.0981 e. The standard InChI is InChI=1S/C13H17ClN2S2/c1-13(2,3)12-16-8-10(18-12)7-15-6-9-4-5-11(14)17-9/h4-5,8,15H,6-7H2,1-3H3. The van der Waals surface area contributed by atoms with Gasteiger partial charge in [-0.25, -0.2) is 4.98 Å². The number of hydrogen-bond donors (Lipinski definition) is 1. The zero-order valence-corrected chi connectivity index (χ0v) is 13.2. The number of aromatic nitrogens is 1. The second-order valence-corrected chi connectivity index (χ2v) is 8.11. The average Bonchev–Trinajstić information content (AvgIpc) is 2.87. The van der Waals surface area contributed by atoms with Crippen molar-refractivity contribution >= 4 is 34.3 Å². The van der Waals surface area contributed by atoms with E-state index < -0.39 is 0 Å². The van der Waals surface area contributed by atoms with Crippen molar-refractivity contribution in [1.82, 2.24) is 10.3 Å². The van der Waals surface area contributed by atoms with Crippen LogP contribution in [0.2, 0.25) is 4.34 Å². The van der Waals surface area contributed by atoms with Crippen LogP contribution in [0, 0.1) is 0 Å². The maximum absolute atomic E-state index is 5.89. The minimum atomic E-state index is 0.143. The van der Waals surface area contributed by atoms with Gasteiger partial charge in [-0.1, -0.05) is 32.4 Å². The van der Waals surface area contributed by atoms with E-state index in [0.29, 0.717) is 0 Å². The highest BCUT2D eigenvalue weighted by Gasteiger charge is 2.17. The molecule has 0 amide bonds. The fraction of sp³-hybridized carbons (Fsp3) is 0.462. The van der Waals surface area contributed by atoms with E-state index in [1.807, 2.05) is 12.3 Å². The Kier molecular flexibility index (Phi) is 4.43. The Morgan fingerprint density at radius 2 is 1.89 bits per heavy atom. The van der Waals surface area contributed by atoms with Gasteiger partial charge in [0.2, 0.25) is 0 Å².